The fraction of sp³-hybridized carbons (Fsp3) is 0.529. The zero-order valence-electron chi connectivity index (χ0n) is 14.1. The standard InChI is InChI=1S/C17H21N5O3/c1-22-13(6-7-19-22)16(23)20-11-4-5-14-12(8-11)15(21-25-14)17(24)18-9-10-2-3-10/h6-7,10-11H,2-5,8-9H2,1H3,(H,18,24)(H,20,23). The number of amides is 2. The van der Waals surface area contributed by atoms with Crippen LogP contribution in [-0.2, 0) is 19.9 Å². The van der Waals surface area contributed by atoms with Gasteiger partial charge in [-0.15, -0.1) is 0 Å². The third-order valence-electron chi connectivity index (χ3n) is 4.89. The molecule has 1 unspecified atom stereocenters. The summed E-state index contributed by atoms with van der Waals surface area (Å²) in [6.45, 7) is 0.696. The van der Waals surface area contributed by atoms with Crippen LogP contribution in [0.2, 0.25) is 0 Å². The Morgan fingerprint density at radius 3 is 2.88 bits per heavy atom. The van der Waals surface area contributed by atoms with Crippen LogP contribution in [0.5, 0.6) is 0 Å². The third kappa shape index (κ3) is 3.29. The number of hydrogen-bond donors (Lipinski definition) is 2. The van der Waals surface area contributed by atoms with E-state index in [9.17, 15) is 9.59 Å². The molecule has 2 aromatic heterocycles. The Labute approximate surface area is 144 Å². The Bertz CT molecular complexity index is 805. The SMILES string of the molecule is Cn1nccc1C(=O)NC1CCc2onc(C(=O)NCC3CC3)c2C1. The van der Waals surface area contributed by atoms with Gasteiger partial charge in [-0.25, -0.2) is 0 Å². The molecule has 2 amide bonds. The Morgan fingerprint density at radius 1 is 1.32 bits per heavy atom. The summed E-state index contributed by atoms with van der Waals surface area (Å²) in [5, 5.41) is 13.9. The molecule has 8 nitrogen and oxygen atoms in total. The number of rotatable bonds is 5. The van der Waals surface area contributed by atoms with E-state index in [1.54, 1.807) is 24.0 Å². The summed E-state index contributed by atoms with van der Waals surface area (Å²) in [5.41, 5.74) is 1.68. The number of carbonyl (C=O) groups is 2. The predicted molar refractivity (Wildman–Crippen MR) is 88.0 cm³/mol. The summed E-state index contributed by atoms with van der Waals surface area (Å²) in [4.78, 5) is 24.7. The molecule has 0 saturated heterocycles. The van der Waals surface area contributed by atoms with E-state index < -0.39 is 0 Å². The molecule has 2 aliphatic carbocycles. The monoisotopic (exact) mass is 343 g/mol. The normalized spacial score (nSPS) is 19.3. The summed E-state index contributed by atoms with van der Waals surface area (Å²) in [5.74, 6) is 1.01. The zero-order chi connectivity index (χ0) is 17.4. The summed E-state index contributed by atoms with van der Waals surface area (Å²) in [7, 11) is 1.73. The van der Waals surface area contributed by atoms with Crippen LogP contribution < -0.4 is 10.6 Å². The van der Waals surface area contributed by atoms with Gasteiger partial charge in [-0.1, -0.05) is 5.16 Å². The molecule has 2 N–H and O–H groups in total. The van der Waals surface area contributed by atoms with Crippen LogP contribution in [-0.4, -0.2) is 39.3 Å². The molecule has 0 aliphatic heterocycles. The molecule has 8 heteroatoms. The Balaban J connectivity index is 1.43. The van der Waals surface area contributed by atoms with E-state index in [0.29, 0.717) is 36.7 Å². The van der Waals surface area contributed by atoms with Gasteiger partial charge in [0.05, 0.1) is 0 Å². The van der Waals surface area contributed by atoms with E-state index in [4.69, 9.17) is 4.52 Å². The highest BCUT2D eigenvalue weighted by atomic mass is 16.5. The second-order valence-electron chi connectivity index (χ2n) is 6.84. The second-order valence-corrected chi connectivity index (χ2v) is 6.84. The highest BCUT2D eigenvalue weighted by molar-refractivity contribution is 5.94. The summed E-state index contributed by atoms with van der Waals surface area (Å²) in [6, 6.07) is 1.63. The molecule has 25 heavy (non-hydrogen) atoms. The van der Waals surface area contributed by atoms with Gasteiger partial charge < -0.3 is 15.2 Å². The number of nitrogens with zero attached hydrogens (tertiary/aromatic N) is 3. The maximum atomic E-state index is 12.4. The smallest absolute Gasteiger partial charge is 0.273 e. The largest absolute Gasteiger partial charge is 0.360 e. The van der Waals surface area contributed by atoms with Crippen molar-refractivity contribution >= 4 is 11.8 Å². The Kier molecular flexibility index (Phi) is 4.03. The summed E-state index contributed by atoms with van der Waals surface area (Å²) >= 11 is 0. The molecule has 2 heterocycles. The van der Waals surface area contributed by atoms with Crippen LogP contribution in [0, 0.1) is 5.92 Å². The van der Waals surface area contributed by atoms with E-state index in [2.05, 4.69) is 20.9 Å². The third-order valence-corrected chi connectivity index (χ3v) is 4.89. The van der Waals surface area contributed by atoms with Crippen LogP contribution in [0.4, 0.5) is 0 Å². The van der Waals surface area contributed by atoms with Crippen molar-refractivity contribution in [1.29, 1.82) is 0 Å². The van der Waals surface area contributed by atoms with Crippen molar-refractivity contribution in [1.82, 2.24) is 25.6 Å². The maximum absolute atomic E-state index is 12.4. The molecule has 0 aromatic carbocycles. The van der Waals surface area contributed by atoms with Gasteiger partial charge in [0, 0.05) is 37.8 Å². The first-order valence-electron chi connectivity index (χ1n) is 8.66. The second kappa shape index (κ2) is 6.34. The van der Waals surface area contributed by atoms with Gasteiger partial charge in [-0.3, -0.25) is 14.3 Å². The van der Waals surface area contributed by atoms with Gasteiger partial charge in [-0.05, 0) is 37.7 Å². The minimum atomic E-state index is -0.185. The van der Waals surface area contributed by atoms with Crippen LogP contribution in [0.3, 0.4) is 0 Å². The van der Waals surface area contributed by atoms with E-state index in [1.165, 1.54) is 12.8 Å². The molecule has 0 spiro atoms. The van der Waals surface area contributed by atoms with Crippen LogP contribution in [0.15, 0.2) is 16.8 Å². The number of aryl methyl sites for hydroxylation is 2. The minimum Gasteiger partial charge on any atom is -0.360 e. The summed E-state index contributed by atoms with van der Waals surface area (Å²) in [6.07, 6.45) is 5.92. The molecule has 1 saturated carbocycles. The van der Waals surface area contributed by atoms with Crippen LogP contribution in [0.25, 0.3) is 0 Å². The average Bonchev–Trinajstić information content (AvgIpc) is 3.18. The maximum Gasteiger partial charge on any atom is 0.273 e. The average molecular weight is 343 g/mol. The molecule has 2 aliphatic rings. The fourth-order valence-corrected chi connectivity index (χ4v) is 3.20. The van der Waals surface area contributed by atoms with E-state index in [1.807, 2.05) is 0 Å². The van der Waals surface area contributed by atoms with Crippen molar-refractivity contribution in [3.05, 3.63) is 35.0 Å². The van der Waals surface area contributed by atoms with E-state index in [-0.39, 0.29) is 17.9 Å². The summed E-state index contributed by atoms with van der Waals surface area (Å²) < 4.78 is 6.88. The molecular formula is C17H21N5O3. The van der Waals surface area contributed by atoms with Crippen LogP contribution in [0.1, 0.15) is 51.6 Å². The quantitative estimate of drug-likeness (QED) is 0.837. The van der Waals surface area contributed by atoms with Gasteiger partial charge in [0.1, 0.15) is 11.5 Å². The topological polar surface area (TPSA) is 102 Å². The van der Waals surface area contributed by atoms with Crippen molar-refractivity contribution in [2.24, 2.45) is 13.0 Å². The first-order valence-corrected chi connectivity index (χ1v) is 8.66. The number of hydrogen-bond acceptors (Lipinski definition) is 5. The Hall–Kier alpha value is -2.64. The molecular weight excluding hydrogens is 322 g/mol. The molecule has 1 atom stereocenters. The van der Waals surface area contributed by atoms with E-state index >= 15 is 0 Å². The van der Waals surface area contributed by atoms with Gasteiger partial charge >= 0.3 is 0 Å². The highest BCUT2D eigenvalue weighted by Gasteiger charge is 2.30. The van der Waals surface area contributed by atoms with Crippen molar-refractivity contribution < 1.29 is 14.1 Å². The van der Waals surface area contributed by atoms with Crippen molar-refractivity contribution in [3.8, 4) is 0 Å². The minimum absolute atomic E-state index is 0.0516. The fourth-order valence-electron chi connectivity index (χ4n) is 3.20. The van der Waals surface area contributed by atoms with Gasteiger partial charge in [-0.2, -0.15) is 5.10 Å². The van der Waals surface area contributed by atoms with Gasteiger partial charge in [0.15, 0.2) is 5.69 Å². The lowest BCUT2D eigenvalue weighted by atomic mass is 9.91. The van der Waals surface area contributed by atoms with Crippen LogP contribution >= 0.6 is 0 Å². The number of fused-ring (bicyclic) bond motifs is 1. The number of aromatic nitrogens is 3. The molecule has 4 rings (SSSR count). The molecule has 132 valence electrons. The molecule has 2 aromatic rings. The lowest BCUT2D eigenvalue weighted by Crippen LogP contribution is -2.40. The molecule has 1 fully saturated rings. The first kappa shape index (κ1) is 15.9. The number of carbonyl (C=O) groups excluding carboxylic acids is 2. The zero-order valence-corrected chi connectivity index (χ0v) is 14.1. The molecule has 0 bridgehead atoms. The highest BCUT2D eigenvalue weighted by Crippen LogP contribution is 2.28. The predicted octanol–water partition coefficient (Wildman–Crippen LogP) is 0.835. The van der Waals surface area contributed by atoms with E-state index in [0.717, 1.165) is 17.7 Å². The molecule has 0 radical (unpaired) electrons. The van der Waals surface area contributed by atoms with Gasteiger partial charge in [0.2, 0.25) is 0 Å². The lowest BCUT2D eigenvalue weighted by Gasteiger charge is -2.22. The van der Waals surface area contributed by atoms with Crippen molar-refractivity contribution in [2.75, 3.05) is 6.54 Å². The van der Waals surface area contributed by atoms with Gasteiger partial charge in [0.25, 0.3) is 11.8 Å². The lowest BCUT2D eigenvalue weighted by molar-refractivity contribution is 0.0922. The van der Waals surface area contributed by atoms with Crippen molar-refractivity contribution in [3.63, 3.8) is 0 Å². The first-order chi connectivity index (χ1) is 12.1. The Morgan fingerprint density at radius 2 is 2.16 bits per heavy atom. The number of nitrogens with one attached hydrogen (secondary N) is 2. The van der Waals surface area contributed by atoms with Crippen molar-refractivity contribution in [2.45, 2.75) is 38.1 Å².